The van der Waals surface area contributed by atoms with Crippen LogP contribution in [0.1, 0.15) is 6.42 Å². The summed E-state index contributed by atoms with van der Waals surface area (Å²) in [5.41, 5.74) is 0. The van der Waals surface area contributed by atoms with Gasteiger partial charge >= 0.3 is 0 Å². The highest BCUT2D eigenvalue weighted by molar-refractivity contribution is 5.85. The number of halogens is 1. The molecule has 78 valence electrons. The van der Waals surface area contributed by atoms with Gasteiger partial charge in [-0.3, -0.25) is 4.90 Å². The SMILES string of the molecule is CN1CCN([C@@H]2CCNC2)CC1.Cl. The van der Waals surface area contributed by atoms with E-state index in [9.17, 15) is 0 Å². The third-order valence-corrected chi connectivity index (χ3v) is 3.09. The Hall–Kier alpha value is 0.170. The molecule has 2 rings (SSSR count). The zero-order valence-electron chi connectivity index (χ0n) is 8.33. The lowest BCUT2D eigenvalue weighted by molar-refractivity contribution is 0.119. The summed E-state index contributed by atoms with van der Waals surface area (Å²) in [4.78, 5) is 5.05. The van der Waals surface area contributed by atoms with Gasteiger partial charge in [0.15, 0.2) is 0 Å². The van der Waals surface area contributed by atoms with Crippen LogP contribution < -0.4 is 5.32 Å². The molecule has 0 saturated carbocycles. The standard InChI is InChI=1S/C9H19N3.ClH/c1-11-4-6-12(7-5-11)9-2-3-10-8-9;/h9-10H,2-8H2,1H3;1H/t9-;/m1./s1. The van der Waals surface area contributed by atoms with Gasteiger partial charge in [-0.2, -0.15) is 0 Å². The molecule has 0 aromatic heterocycles. The Morgan fingerprint density at radius 2 is 1.85 bits per heavy atom. The first-order chi connectivity index (χ1) is 5.86. The molecule has 2 saturated heterocycles. The van der Waals surface area contributed by atoms with Crippen LogP contribution in [0.2, 0.25) is 0 Å². The predicted molar refractivity (Wildman–Crippen MR) is 57.6 cm³/mol. The van der Waals surface area contributed by atoms with E-state index in [0.717, 1.165) is 6.04 Å². The van der Waals surface area contributed by atoms with Crippen LogP contribution in [0.25, 0.3) is 0 Å². The van der Waals surface area contributed by atoms with Crippen LogP contribution in [0.3, 0.4) is 0 Å². The van der Waals surface area contributed by atoms with E-state index in [2.05, 4.69) is 22.2 Å². The maximum atomic E-state index is 3.43. The fourth-order valence-electron chi connectivity index (χ4n) is 2.14. The largest absolute Gasteiger partial charge is 0.315 e. The number of hydrogen-bond acceptors (Lipinski definition) is 3. The molecule has 1 N–H and O–H groups in total. The Labute approximate surface area is 86.9 Å². The van der Waals surface area contributed by atoms with Crippen LogP contribution >= 0.6 is 12.4 Å². The minimum absolute atomic E-state index is 0. The molecule has 13 heavy (non-hydrogen) atoms. The van der Waals surface area contributed by atoms with E-state index in [1.807, 2.05) is 0 Å². The second-order valence-electron chi connectivity index (χ2n) is 3.99. The topological polar surface area (TPSA) is 18.5 Å². The quantitative estimate of drug-likeness (QED) is 0.651. The van der Waals surface area contributed by atoms with Crippen molar-refractivity contribution in [1.82, 2.24) is 15.1 Å². The second-order valence-corrected chi connectivity index (χ2v) is 3.99. The highest BCUT2D eigenvalue weighted by atomic mass is 35.5. The molecular formula is C9H20ClN3. The Morgan fingerprint density at radius 3 is 2.38 bits per heavy atom. The molecule has 0 aliphatic carbocycles. The number of piperazine rings is 1. The fourth-order valence-corrected chi connectivity index (χ4v) is 2.14. The Balaban J connectivity index is 0.000000845. The van der Waals surface area contributed by atoms with Gasteiger partial charge in [0.2, 0.25) is 0 Å². The van der Waals surface area contributed by atoms with Crippen molar-refractivity contribution < 1.29 is 0 Å². The van der Waals surface area contributed by atoms with Crippen molar-refractivity contribution in [3.63, 3.8) is 0 Å². The molecule has 2 heterocycles. The molecular weight excluding hydrogens is 186 g/mol. The van der Waals surface area contributed by atoms with Crippen LogP contribution in [0, 0.1) is 0 Å². The highest BCUT2D eigenvalue weighted by Crippen LogP contribution is 2.10. The van der Waals surface area contributed by atoms with Gasteiger partial charge in [0.05, 0.1) is 0 Å². The molecule has 4 heteroatoms. The molecule has 1 atom stereocenters. The molecule has 0 aromatic rings. The van der Waals surface area contributed by atoms with Gasteiger partial charge in [0.1, 0.15) is 0 Å². The Morgan fingerprint density at radius 1 is 1.15 bits per heavy atom. The van der Waals surface area contributed by atoms with Gasteiger partial charge < -0.3 is 10.2 Å². The number of hydrogen-bond donors (Lipinski definition) is 1. The van der Waals surface area contributed by atoms with Gasteiger partial charge in [0.25, 0.3) is 0 Å². The van der Waals surface area contributed by atoms with E-state index in [1.165, 1.54) is 45.7 Å². The van der Waals surface area contributed by atoms with Crippen LogP contribution in [-0.2, 0) is 0 Å². The van der Waals surface area contributed by atoms with Crippen molar-refractivity contribution in [3.8, 4) is 0 Å². The van der Waals surface area contributed by atoms with E-state index in [1.54, 1.807) is 0 Å². The monoisotopic (exact) mass is 205 g/mol. The van der Waals surface area contributed by atoms with Crippen molar-refractivity contribution in [2.24, 2.45) is 0 Å². The molecule has 3 nitrogen and oxygen atoms in total. The molecule has 0 radical (unpaired) electrons. The first kappa shape index (κ1) is 11.2. The van der Waals surface area contributed by atoms with E-state index in [-0.39, 0.29) is 12.4 Å². The van der Waals surface area contributed by atoms with Crippen LogP contribution in [0.5, 0.6) is 0 Å². The summed E-state index contributed by atoms with van der Waals surface area (Å²) in [5, 5.41) is 3.43. The highest BCUT2D eigenvalue weighted by Gasteiger charge is 2.24. The Bertz CT molecular complexity index is 140. The van der Waals surface area contributed by atoms with Crippen molar-refractivity contribution in [2.45, 2.75) is 12.5 Å². The van der Waals surface area contributed by atoms with Crippen molar-refractivity contribution in [3.05, 3.63) is 0 Å². The molecule has 0 unspecified atom stereocenters. The summed E-state index contributed by atoms with van der Waals surface area (Å²) in [6.07, 6.45) is 1.35. The molecule has 2 aliphatic heterocycles. The molecule has 0 bridgehead atoms. The zero-order chi connectivity index (χ0) is 8.39. The smallest absolute Gasteiger partial charge is 0.0233 e. The lowest BCUT2D eigenvalue weighted by Crippen LogP contribution is -2.49. The summed E-state index contributed by atoms with van der Waals surface area (Å²) in [6.45, 7) is 7.46. The first-order valence-corrected chi connectivity index (χ1v) is 4.99. The van der Waals surface area contributed by atoms with Crippen LogP contribution in [-0.4, -0.2) is 62.2 Å². The second kappa shape index (κ2) is 5.15. The number of rotatable bonds is 1. The third kappa shape index (κ3) is 2.81. The summed E-state index contributed by atoms with van der Waals surface area (Å²) >= 11 is 0. The summed E-state index contributed by atoms with van der Waals surface area (Å²) in [6, 6.07) is 0.832. The van der Waals surface area contributed by atoms with Crippen molar-refractivity contribution >= 4 is 12.4 Å². The normalized spacial score (nSPS) is 31.6. The molecule has 0 amide bonds. The average Bonchev–Trinajstić information content (AvgIpc) is 2.58. The minimum atomic E-state index is 0. The third-order valence-electron chi connectivity index (χ3n) is 3.09. The number of nitrogens with zero attached hydrogens (tertiary/aromatic N) is 2. The summed E-state index contributed by atoms with van der Waals surface area (Å²) in [5.74, 6) is 0. The summed E-state index contributed by atoms with van der Waals surface area (Å²) < 4.78 is 0. The first-order valence-electron chi connectivity index (χ1n) is 4.99. The van der Waals surface area contributed by atoms with E-state index < -0.39 is 0 Å². The maximum absolute atomic E-state index is 3.43. The van der Waals surface area contributed by atoms with E-state index in [0.29, 0.717) is 0 Å². The van der Waals surface area contributed by atoms with Gasteiger partial charge in [-0.15, -0.1) is 12.4 Å². The average molecular weight is 206 g/mol. The summed E-state index contributed by atoms with van der Waals surface area (Å²) in [7, 11) is 2.21. The molecule has 2 aliphatic rings. The van der Waals surface area contributed by atoms with Crippen LogP contribution in [0.15, 0.2) is 0 Å². The maximum Gasteiger partial charge on any atom is 0.0233 e. The zero-order valence-corrected chi connectivity index (χ0v) is 9.15. The lowest BCUT2D eigenvalue weighted by Gasteiger charge is -2.36. The fraction of sp³-hybridized carbons (Fsp3) is 1.00. The van der Waals surface area contributed by atoms with Gasteiger partial charge in [0, 0.05) is 38.8 Å². The Kier molecular flexibility index (Phi) is 4.46. The van der Waals surface area contributed by atoms with E-state index >= 15 is 0 Å². The van der Waals surface area contributed by atoms with Gasteiger partial charge in [-0.05, 0) is 20.0 Å². The van der Waals surface area contributed by atoms with E-state index in [4.69, 9.17) is 0 Å². The van der Waals surface area contributed by atoms with Crippen molar-refractivity contribution in [2.75, 3.05) is 46.3 Å². The van der Waals surface area contributed by atoms with Gasteiger partial charge in [-0.1, -0.05) is 0 Å². The van der Waals surface area contributed by atoms with Crippen molar-refractivity contribution in [1.29, 1.82) is 0 Å². The number of nitrogens with one attached hydrogen (secondary N) is 1. The van der Waals surface area contributed by atoms with Crippen LogP contribution in [0.4, 0.5) is 0 Å². The minimum Gasteiger partial charge on any atom is -0.315 e. The number of likely N-dealkylation sites (N-methyl/N-ethyl adjacent to an activating group) is 1. The molecule has 0 aromatic carbocycles. The lowest BCUT2D eigenvalue weighted by atomic mass is 10.2. The predicted octanol–water partition coefficient (Wildman–Crippen LogP) is 0.0175. The van der Waals surface area contributed by atoms with Gasteiger partial charge in [-0.25, -0.2) is 0 Å². The molecule has 2 fully saturated rings. The molecule has 0 spiro atoms.